The van der Waals surface area contributed by atoms with Crippen molar-refractivity contribution < 1.29 is 23.0 Å². The van der Waals surface area contributed by atoms with Crippen LogP contribution in [0.15, 0.2) is 47.6 Å². The molecule has 27 heavy (non-hydrogen) atoms. The molecule has 0 aliphatic rings. The number of alkyl halides is 2. The average molecular weight is 393 g/mol. The van der Waals surface area contributed by atoms with Crippen LogP contribution in [0.3, 0.4) is 0 Å². The van der Waals surface area contributed by atoms with Crippen molar-refractivity contribution in [1.29, 1.82) is 0 Å². The van der Waals surface area contributed by atoms with Gasteiger partial charge >= 0.3 is 6.55 Å². The van der Waals surface area contributed by atoms with Gasteiger partial charge in [-0.25, -0.2) is 4.98 Å². The van der Waals surface area contributed by atoms with Gasteiger partial charge in [0.2, 0.25) is 5.91 Å². The third-order valence-corrected chi connectivity index (χ3v) is 4.73. The molecule has 142 valence electrons. The monoisotopic (exact) mass is 393 g/mol. The maximum absolute atomic E-state index is 13.4. The normalized spacial score (nSPS) is 11.0. The Hall–Kier alpha value is -2.81. The molecule has 1 N–H and O–H groups in total. The Bertz CT molecular complexity index is 962. The first-order valence-electron chi connectivity index (χ1n) is 7.93. The highest BCUT2D eigenvalue weighted by atomic mass is 32.2. The van der Waals surface area contributed by atoms with E-state index in [1.165, 1.54) is 14.2 Å². The number of carbonyl (C=O) groups is 1. The van der Waals surface area contributed by atoms with Gasteiger partial charge in [-0.2, -0.15) is 8.78 Å². The molecular formula is C18H17F2N3O3S. The molecule has 9 heteroatoms. The molecule has 1 heterocycles. The van der Waals surface area contributed by atoms with Crippen LogP contribution in [0.4, 0.5) is 14.5 Å². The summed E-state index contributed by atoms with van der Waals surface area (Å²) in [6.45, 7) is -2.75. The number of fused-ring (bicyclic) bond motifs is 1. The number of para-hydroxylation sites is 2. The van der Waals surface area contributed by atoms with E-state index in [-0.39, 0.29) is 16.8 Å². The predicted molar refractivity (Wildman–Crippen MR) is 99.9 cm³/mol. The molecule has 0 aliphatic carbocycles. The fraction of sp³-hybridized carbons (Fsp3) is 0.222. The third kappa shape index (κ3) is 4.13. The van der Waals surface area contributed by atoms with Gasteiger partial charge in [0, 0.05) is 6.07 Å². The van der Waals surface area contributed by atoms with E-state index in [0.29, 0.717) is 28.2 Å². The number of anilines is 1. The van der Waals surface area contributed by atoms with Crippen molar-refractivity contribution in [3.05, 3.63) is 42.5 Å². The fourth-order valence-corrected chi connectivity index (χ4v) is 3.34. The molecule has 0 fully saturated rings. The smallest absolute Gasteiger partial charge is 0.321 e. The Kier molecular flexibility index (Phi) is 5.80. The van der Waals surface area contributed by atoms with E-state index in [1.54, 1.807) is 42.5 Å². The van der Waals surface area contributed by atoms with E-state index < -0.39 is 6.55 Å². The summed E-state index contributed by atoms with van der Waals surface area (Å²) in [6.07, 6.45) is 0. The van der Waals surface area contributed by atoms with Gasteiger partial charge in [-0.1, -0.05) is 23.9 Å². The number of nitrogens with zero attached hydrogens (tertiary/aromatic N) is 2. The van der Waals surface area contributed by atoms with Crippen LogP contribution < -0.4 is 14.8 Å². The minimum atomic E-state index is -2.75. The highest BCUT2D eigenvalue weighted by molar-refractivity contribution is 7.99. The number of carbonyl (C=O) groups excluding carboxylic acids is 1. The van der Waals surface area contributed by atoms with Crippen molar-refractivity contribution in [3.63, 3.8) is 0 Å². The molecule has 3 aromatic rings. The summed E-state index contributed by atoms with van der Waals surface area (Å²) in [5.41, 5.74) is 1.25. The number of rotatable bonds is 7. The quantitative estimate of drug-likeness (QED) is 0.610. The molecule has 0 unspecified atom stereocenters. The summed E-state index contributed by atoms with van der Waals surface area (Å²) in [5, 5.41) is 2.79. The zero-order chi connectivity index (χ0) is 19.4. The number of imidazole rings is 1. The van der Waals surface area contributed by atoms with Gasteiger partial charge < -0.3 is 14.8 Å². The molecule has 6 nitrogen and oxygen atoms in total. The number of nitrogens with one attached hydrogen (secondary N) is 1. The summed E-state index contributed by atoms with van der Waals surface area (Å²) in [7, 11) is 3.00. The maximum atomic E-state index is 13.4. The molecule has 0 radical (unpaired) electrons. The first-order chi connectivity index (χ1) is 13.0. The molecule has 1 amide bonds. The van der Waals surface area contributed by atoms with E-state index in [2.05, 4.69) is 10.3 Å². The zero-order valence-corrected chi connectivity index (χ0v) is 15.4. The number of amides is 1. The van der Waals surface area contributed by atoms with Crippen LogP contribution in [0.2, 0.25) is 0 Å². The molecule has 0 aliphatic heterocycles. The van der Waals surface area contributed by atoms with Crippen LogP contribution in [-0.2, 0) is 4.79 Å². The number of hydrogen-bond donors (Lipinski definition) is 1. The summed E-state index contributed by atoms with van der Waals surface area (Å²) in [6, 6.07) is 11.6. The molecule has 3 rings (SSSR count). The van der Waals surface area contributed by atoms with Crippen LogP contribution in [0.5, 0.6) is 11.5 Å². The summed E-state index contributed by atoms with van der Waals surface area (Å²) >= 11 is 0.944. The maximum Gasteiger partial charge on any atom is 0.321 e. The summed E-state index contributed by atoms with van der Waals surface area (Å²) < 4.78 is 38.0. The Balaban J connectivity index is 1.73. The van der Waals surface area contributed by atoms with Crippen molar-refractivity contribution in [2.45, 2.75) is 11.7 Å². The minimum Gasteiger partial charge on any atom is -0.497 e. The van der Waals surface area contributed by atoms with Crippen molar-refractivity contribution in [3.8, 4) is 11.5 Å². The third-order valence-electron chi connectivity index (χ3n) is 3.77. The summed E-state index contributed by atoms with van der Waals surface area (Å²) in [4.78, 5) is 16.5. The SMILES string of the molecule is COc1ccc(NC(=O)CSc2nc3ccccc3n2C(F)F)c(OC)c1. The van der Waals surface area contributed by atoms with Crippen LogP contribution >= 0.6 is 11.8 Å². The lowest BCUT2D eigenvalue weighted by molar-refractivity contribution is -0.113. The molecule has 0 saturated carbocycles. The number of thioether (sulfide) groups is 1. The molecule has 2 aromatic carbocycles. The standard InChI is InChI=1S/C18H17F2N3O3S/c1-25-11-7-8-13(15(9-11)26-2)21-16(24)10-27-18-22-12-5-3-4-6-14(12)23(18)17(19)20/h3-9,17H,10H2,1-2H3,(H,21,24). The first-order valence-corrected chi connectivity index (χ1v) is 8.92. The van der Waals surface area contributed by atoms with Gasteiger partial charge in [-0.05, 0) is 24.3 Å². The highest BCUT2D eigenvalue weighted by Gasteiger charge is 2.19. The molecule has 1 aromatic heterocycles. The predicted octanol–water partition coefficient (Wildman–Crippen LogP) is 4.18. The van der Waals surface area contributed by atoms with Crippen molar-refractivity contribution in [1.82, 2.24) is 9.55 Å². The Morgan fingerprint density at radius 2 is 2.00 bits per heavy atom. The molecule has 0 spiro atoms. The van der Waals surface area contributed by atoms with Gasteiger partial charge in [-0.15, -0.1) is 0 Å². The van der Waals surface area contributed by atoms with Crippen molar-refractivity contribution >= 4 is 34.4 Å². The fourth-order valence-electron chi connectivity index (χ4n) is 2.53. The molecule has 0 bridgehead atoms. The topological polar surface area (TPSA) is 65.4 Å². The number of halogens is 2. The summed E-state index contributed by atoms with van der Waals surface area (Å²) in [5.74, 6) is 0.583. The van der Waals surface area contributed by atoms with E-state index in [9.17, 15) is 13.6 Å². The van der Waals surface area contributed by atoms with Crippen LogP contribution in [-0.4, -0.2) is 35.4 Å². The van der Waals surface area contributed by atoms with Crippen LogP contribution in [0, 0.1) is 0 Å². The van der Waals surface area contributed by atoms with Crippen molar-refractivity contribution in [2.75, 3.05) is 25.3 Å². The number of methoxy groups -OCH3 is 2. The minimum absolute atomic E-state index is 0.0781. The second-order valence-corrected chi connectivity index (χ2v) is 6.38. The lowest BCUT2D eigenvalue weighted by atomic mass is 10.2. The second kappa shape index (κ2) is 8.26. The molecule has 0 atom stereocenters. The van der Waals surface area contributed by atoms with Crippen molar-refractivity contribution in [2.24, 2.45) is 0 Å². The van der Waals surface area contributed by atoms with Gasteiger partial charge in [0.25, 0.3) is 0 Å². The van der Waals surface area contributed by atoms with E-state index in [4.69, 9.17) is 9.47 Å². The van der Waals surface area contributed by atoms with Crippen LogP contribution in [0.25, 0.3) is 11.0 Å². The van der Waals surface area contributed by atoms with E-state index >= 15 is 0 Å². The van der Waals surface area contributed by atoms with Gasteiger partial charge in [0.15, 0.2) is 5.16 Å². The first kappa shape index (κ1) is 19.0. The molecular weight excluding hydrogens is 376 g/mol. The lowest BCUT2D eigenvalue weighted by Crippen LogP contribution is -2.15. The lowest BCUT2D eigenvalue weighted by Gasteiger charge is -2.11. The van der Waals surface area contributed by atoms with Gasteiger partial charge in [0.05, 0.1) is 36.7 Å². The number of benzene rings is 2. The molecule has 0 saturated heterocycles. The largest absolute Gasteiger partial charge is 0.497 e. The Morgan fingerprint density at radius 1 is 1.22 bits per heavy atom. The number of ether oxygens (including phenoxy) is 2. The average Bonchev–Trinajstić information content (AvgIpc) is 3.05. The Morgan fingerprint density at radius 3 is 2.70 bits per heavy atom. The number of aromatic nitrogens is 2. The zero-order valence-electron chi connectivity index (χ0n) is 14.6. The van der Waals surface area contributed by atoms with Crippen LogP contribution in [0.1, 0.15) is 6.55 Å². The van der Waals surface area contributed by atoms with Gasteiger partial charge in [-0.3, -0.25) is 9.36 Å². The highest BCUT2D eigenvalue weighted by Crippen LogP contribution is 2.31. The van der Waals surface area contributed by atoms with E-state index in [0.717, 1.165) is 16.3 Å². The van der Waals surface area contributed by atoms with E-state index in [1.807, 2.05) is 0 Å². The Labute approximate surface area is 158 Å². The number of hydrogen-bond acceptors (Lipinski definition) is 5. The second-order valence-electron chi connectivity index (χ2n) is 5.43. The van der Waals surface area contributed by atoms with Gasteiger partial charge in [0.1, 0.15) is 11.5 Å².